The summed E-state index contributed by atoms with van der Waals surface area (Å²) in [5.41, 5.74) is -0.541. The maximum absolute atomic E-state index is 11.8. The van der Waals surface area contributed by atoms with E-state index >= 15 is 0 Å². The minimum absolute atomic E-state index is 0.147. The second-order valence-corrected chi connectivity index (χ2v) is 6.17. The standard InChI is InChI=1S/C13H26N4O3/c1-13(2,3)20-12(19)16-10-9(7-6-8-14-10)15-11(18)17(4)5/h9-10,14H,6-8H2,1-5H3,(H,15,18)(H,16,19). The Hall–Kier alpha value is -1.50. The summed E-state index contributed by atoms with van der Waals surface area (Å²) in [7, 11) is 3.36. The second kappa shape index (κ2) is 6.78. The number of amides is 3. The van der Waals surface area contributed by atoms with Crippen LogP contribution in [0.3, 0.4) is 0 Å². The maximum Gasteiger partial charge on any atom is 0.408 e. The van der Waals surface area contributed by atoms with E-state index in [0.717, 1.165) is 19.4 Å². The van der Waals surface area contributed by atoms with Gasteiger partial charge in [0.05, 0.1) is 6.04 Å². The van der Waals surface area contributed by atoms with E-state index in [0.29, 0.717) is 0 Å². The lowest BCUT2D eigenvalue weighted by atomic mass is 10.0. The van der Waals surface area contributed by atoms with Crippen LogP contribution in [-0.2, 0) is 4.74 Å². The summed E-state index contributed by atoms with van der Waals surface area (Å²) in [6.07, 6.45) is 0.960. The molecule has 0 saturated carbocycles. The molecule has 0 aromatic rings. The SMILES string of the molecule is CN(C)C(=O)NC1CCCNC1NC(=O)OC(C)(C)C. The van der Waals surface area contributed by atoms with E-state index in [1.807, 2.05) is 20.8 Å². The number of rotatable bonds is 2. The highest BCUT2D eigenvalue weighted by molar-refractivity contribution is 5.74. The molecule has 1 saturated heterocycles. The van der Waals surface area contributed by atoms with Crippen molar-refractivity contribution in [3.05, 3.63) is 0 Å². The first-order valence-corrected chi connectivity index (χ1v) is 6.90. The highest BCUT2D eigenvalue weighted by Crippen LogP contribution is 2.10. The highest BCUT2D eigenvalue weighted by atomic mass is 16.6. The topological polar surface area (TPSA) is 82.7 Å². The molecule has 7 nitrogen and oxygen atoms in total. The van der Waals surface area contributed by atoms with E-state index in [9.17, 15) is 9.59 Å². The minimum Gasteiger partial charge on any atom is -0.444 e. The highest BCUT2D eigenvalue weighted by Gasteiger charge is 2.29. The quantitative estimate of drug-likeness (QED) is 0.703. The third kappa shape index (κ3) is 5.64. The zero-order valence-corrected chi connectivity index (χ0v) is 12.9. The molecule has 7 heteroatoms. The Morgan fingerprint density at radius 3 is 2.45 bits per heavy atom. The smallest absolute Gasteiger partial charge is 0.408 e. The third-order valence-corrected chi connectivity index (χ3v) is 2.85. The molecule has 1 aliphatic rings. The van der Waals surface area contributed by atoms with Crippen molar-refractivity contribution < 1.29 is 14.3 Å². The third-order valence-electron chi connectivity index (χ3n) is 2.85. The lowest BCUT2D eigenvalue weighted by molar-refractivity contribution is 0.0470. The zero-order chi connectivity index (χ0) is 15.3. The molecular weight excluding hydrogens is 260 g/mol. The molecule has 1 fully saturated rings. The van der Waals surface area contributed by atoms with Gasteiger partial charge in [0, 0.05) is 14.1 Å². The summed E-state index contributed by atoms with van der Waals surface area (Å²) in [6, 6.07) is -0.319. The van der Waals surface area contributed by atoms with Crippen LogP contribution in [-0.4, -0.2) is 55.5 Å². The van der Waals surface area contributed by atoms with Crippen molar-refractivity contribution in [2.45, 2.75) is 51.4 Å². The number of hydrogen-bond donors (Lipinski definition) is 3. The van der Waals surface area contributed by atoms with Crippen LogP contribution in [0.1, 0.15) is 33.6 Å². The van der Waals surface area contributed by atoms with Crippen molar-refractivity contribution in [3.8, 4) is 0 Å². The Balaban J connectivity index is 2.56. The largest absolute Gasteiger partial charge is 0.444 e. The average molecular weight is 286 g/mol. The van der Waals surface area contributed by atoms with E-state index in [-0.39, 0.29) is 18.2 Å². The average Bonchev–Trinajstić information content (AvgIpc) is 2.28. The van der Waals surface area contributed by atoms with Crippen molar-refractivity contribution in [2.24, 2.45) is 0 Å². The van der Waals surface area contributed by atoms with Gasteiger partial charge < -0.3 is 20.3 Å². The van der Waals surface area contributed by atoms with Gasteiger partial charge in [0.15, 0.2) is 0 Å². The molecule has 0 radical (unpaired) electrons. The Kier molecular flexibility index (Phi) is 5.62. The Bertz CT molecular complexity index is 352. The number of carbonyl (C=O) groups excluding carboxylic acids is 2. The number of carbonyl (C=O) groups is 2. The summed E-state index contributed by atoms with van der Waals surface area (Å²) in [5.74, 6) is 0. The van der Waals surface area contributed by atoms with Gasteiger partial charge in [-0.25, -0.2) is 9.59 Å². The first-order valence-electron chi connectivity index (χ1n) is 6.90. The normalized spacial score (nSPS) is 22.9. The van der Waals surface area contributed by atoms with Gasteiger partial charge >= 0.3 is 12.1 Å². The first-order chi connectivity index (χ1) is 9.19. The molecule has 2 atom stereocenters. The Morgan fingerprint density at radius 2 is 1.90 bits per heavy atom. The fraction of sp³-hybridized carbons (Fsp3) is 0.846. The summed E-state index contributed by atoms with van der Waals surface area (Å²) < 4.78 is 5.23. The van der Waals surface area contributed by atoms with Gasteiger partial charge in [-0.2, -0.15) is 0 Å². The van der Waals surface area contributed by atoms with Crippen LogP contribution in [0.25, 0.3) is 0 Å². The van der Waals surface area contributed by atoms with Gasteiger partial charge in [0.2, 0.25) is 0 Å². The predicted molar refractivity (Wildman–Crippen MR) is 76.4 cm³/mol. The van der Waals surface area contributed by atoms with E-state index in [2.05, 4.69) is 16.0 Å². The Labute approximate surface area is 120 Å². The number of piperidine rings is 1. The first kappa shape index (κ1) is 16.6. The van der Waals surface area contributed by atoms with E-state index in [1.165, 1.54) is 4.90 Å². The molecule has 0 spiro atoms. The van der Waals surface area contributed by atoms with Crippen LogP contribution in [0.15, 0.2) is 0 Å². The number of nitrogens with zero attached hydrogens (tertiary/aromatic N) is 1. The molecule has 3 amide bonds. The van der Waals surface area contributed by atoms with Crippen molar-refractivity contribution in [2.75, 3.05) is 20.6 Å². The molecule has 20 heavy (non-hydrogen) atoms. The van der Waals surface area contributed by atoms with Gasteiger partial charge in [-0.05, 0) is 40.2 Å². The summed E-state index contributed by atoms with van der Waals surface area (Å²) in [6.45, 7) is 6.24. The van der Waals surface area contributed by atoms with Crippen molar-refractivity contribution in [1.82, 2.24) is 20.9 Å². The molecule has 3 N–H and O–H groups in total. The number of ether oxygens (including phenoxy) is 1. The summed E-state index contributed by atoms with van der Waals surface area (Å²) in [5, 5.41) is 8.84. The van der Waals surface area contributed by atoms with Crippen LogP contribution in [0.5, 0.6) is 0 Å². The van der Waals surface area contributed by atoms with Gasteiger partial charge in [-0.1, -0.05) is 0 Å². The second-order valence-electron chi connectivity index (χ2n) is 6.17. The molecular formula is C13H26N4O3. The van der Waals surface area contributed by atoms with Crippen molar-refractivity contribution >= 4 is 12.1 Å². The molecule has 0 aliphatic carbocycles. The minimum atomic E-state index is -0.541. The van der Waals surface area contributed by atoms with E-state index in [1.54, 1.807) is 14.1 Å². The van der Waals surface area contributed by atoms with Crippen LogP contribution < -0.4 is 16.0 Å². The zero-order valence-electron chi connectivity index (χ0n) is 12.9. The molecule has 1 rings (SSSR count). The van der Waals surface area contributed by atoms with Crippen LogP contribution >= 0.6 is 0 Å². The fourth-order valence-corrected chi connectivity index (χ4v) is 1.92. The lowest BCUT2D eigenvalue weighted by Crippen LogP contribution is -2.62. The van der Waals surface area contributed by atoms with E-state index in [4.69, 9.17) is 4.74 Å². The molecule has 0 aromatic heterocycles. The molecule has 0 bridgehead atoms. The van der Waals surface area contributed by atoms with E-state index < -0.39 is 11.7 Å². The van der Waals surface area contributed by atoms with Crippen molar-refractivity contribution in [1.29, 1.82) is 0 Å². The van der Waals surface area contributed by atoms with Crippen molar-refractivity contribution in [3.63, 3.8) is 0 Å². The molecule has 1 aliphatic heterocycles. The fourth-order valence-electron chi connectivity index (χ4n) is 1.92. The predicted octanol–water partition coefficient (Wildman–Crippen LogP) is 0.860. The van der Waals surface area contributed by atoms with Gasteiger partial charge in [0.25, 0.3) is 0 Å². The van der Waals surface area contributed by atoms with Crippen LogP contribution in [0, 0.1) is 0 Å². The monoisotopic (exact) mass is 286 g/mol. The van der Waals surface area contributed by atoms with Gasteiger partial charge in [0.1, 0.15) is 11.8 Å². The Morgan fingerprint density at radius 1 is 1.25 bits per heavy atom. The maximum atomic E-state index is 11.8. The molecule has 0 aromatic carbocycles. The number of hydrogen-bond acceptors (Lipinski definition) is 4. The number of alkyl carbamates (subject to hydrolysis) is 1. The van der Waals surface area contributed by atoms with Crippen LogP contribution in [0.2, 0.25) is 0 Å². The summed E-state index contributed by atoms with van der Waals surface area (Å²) in [4.78, 5) is 25.0. The number of nitrogens with one attached hydrogen (secondary N) is 3. The lowest BCUT2D eigenvalue weighted by Gasteiger charge is -2.34. The van der Waals surface area contributed by atoms with Gasteiger partial charge in [-0.15, -0.1) is 0 Å². The molecule has 116 valence electrons. The molecule has 2 unspecified atom stereocenters. The van der Waals surface area contributed by atoms with Gasteiger partial charge in [-0.3, -0.25) is 5.32 Å². The molecule has 1 heterocycles. The van der Waals surface area contributed by atoms with Crippen LogP contribution in [0.4, 0.5) is 9.59 Å². The number of urea groups is 1. The summed E-state index contributed by atoms with van der Waals surface area (Å²) >= 11 is 0.